The average molecular weight is 234 g/mol. The molecule has 0 unspecified atom stereocenters. The van der Waals surface area contributed by atoms with Gasteiger partial charge in [-0.25, -0.2) is 4.68 Å². The number of thioether (sulfide) groups is 1. The van der Waals surface area contributed by atoms with Gasteiger partial charge < -0.3 is 10.2 Å². The molecule has 82 valence electrons. The smallest absolute Gasteiger partial charge is 0.212 e. The van der Waals surface area contributed by atoms with Crippen LogP contribution in [0, 0.1) is 0 Å². The van der Waals surface area contributed by atoms with E-state index in [0.717, 1.165) is 28.2 Å². The van der Waals surface area contributed by atoms with Crippen LogP contribution in [0.4, 0.5) is 0 Å². The number of para-hydroxylation sites is 1. The Kier molecular flexibility index (Phi) is 2.21. The molecule has 2 aromatic rings. The Labute approximate surface area is 96.8 Å². The van der Waals surface area contributed by atoms with Gasteiger partial charge in [-0.1, -0.05) is 23.9 Å². The molecule has 1 aromatic carbocycles. The molecule has 5 nitrogen and oxygen atoms in total. The molecule has 0 saturated heterocycles. The zero-order chi connectivity index (χ0) is 11.0. The van der Waals surface area contributed by atoms with Crippen molar-refractivity contribution in [3.8, 4) is 17.1 Å². The van der Waals surface area contributed by atoms with Gasteiger partial charge in [0, 0.05) is 0 Å². The van der Waals surface area contributed by atoms with Crippen LogP contribution in [0.2, 0.25) is 0 Å². The molecule has 0 radical (unpaired) electrons. The van der Waals surface area contributed by atoms with E-state index in [9.17, 15) is 0 Å². The van der Waals surface area contributed by atoms with Gasteiger partial charge in [-0.15, -0.1) is 10.2 Å². The summed E-state index contributed by atoms with van der Waals surface area (Å²) in [5, 5.41) is 9.16. The third kappa shape index (κ3) is 1.34. The molecule has 0 atom stereocenters. The number of nitrogens with zero attached hydrogens (tertiary/aromatic N) is 3. The first kappa shape index (κ1) is 9.53. The molecule has 1 aliphatic heterocycles. The number of ether oxygens (including phenoxy) is 1. The third-order valence-corrected chi connectivity index (χ3v) is 3.20. The summed E-state index contributed by atoms with van der Waals surface area (Å²) in [6.45, 7) is 0. The SMILES string of the molecule is COc1ccccc1-c1nnc2n1NCS2. The largest absolute Gasteiger partial charge is 0.496 e. The zero-order valence-electron chi connectivity index (χ0n) is 8.67. The van der Waals surface area contributed by atoms with Crippen LogP contribution in [0.1, 0.15) is 0 Å². The highest BCUT2D eigenvalue weighted by Gasteiger charge is 2.20. The van der Waals surface area contributed by atoms with E-state index < -0.39 is 0 Å². The van der Waals surface area contributed by atoms with Gasteiger partial charge in [-0.3, -0.25) is 0 Å². The van der Waals surface area contributed by atoms with Crippen molar-refractivity contribution >= 4 is 11.8 Å². The zero-order valence-corrected chi connectivity index (χ0v) is 9.49. The lowest BCUT2D eigenvalue weighted by molar-refractivity contribution is 0.416. The van der Waals surface area contributed by atoms with Gasteiger partial charge in [0.1, 0.15) is 5.75 Å². The summed E-state index contributed by atoms with van der Waals surface area (Å²) in [6.07, 6.45) is 0. The predicted octanol–water partition coefficient (Wildman–Crippen LogP) is 1.56. The highest BCUT2D eigenvalue weighted by Crippen LogP contribution is 2.31. The van der Waals surface area contributed by atoms with Crippen LogP contribution in [0.3, 0.4) is 0 Å². The molecule has 1 aromatic heterocycles. The second-order valence-corrected chi connectivity index (χ2v) is 4.23. The summed E-state index contributed by atoms with van der Waals surface area (Å²) in [6, 6.07) is 7.78. The molecule has 2 heterocycles. The molecule has 1 aliphatic rings. The molecular formula is C10H10N4OS. The summed E-state index contributed by atoms with van der Waals surface area (Å²) in [4.78, 5) is 0. The van der Waals surface area contributed by atoms with Gasteiger partial charge in [0.2, 0.25) is 5.16 Å². The first-order valence-electron chi connectivity index (χ1n) is 4.85. The first-order chi connectivity index (χ1) is 7.90. The van der Waals surface area contributed by atoms with E-state index in [1.165, 1.54) is 0 Å². The van der Waals surface area contributed by atoms with Gasteiger partial charge in [0.25, 0.3) is 0 Å². The van der Waals surface area contributed by atoms with E-state index in [4.69, 9.17) is 4.74 Å². The Hall–Kier alpha value is -1.69. The van der Waals surface area contributed by atoms with Gasteiger partial charge in [-0.05, 0) is 12.1 Å². The second kappa shape index (κ2) is 3.71. The van der Waals surface area contributed by atoms with Crippen molar-refractivity contribution < 1.29 is 4.74 Å². The molecule has 16 heavy (non-hydrogen) atoms. The molecule has 0 fully saturated rings. The Morgan fingerprint density at radius 2 is 2.25 bits per heavy atom. The van der Waals surface area contributed by atoms with Crippen LogP contribution < -0.4 is 10.2 Å². The lowest BCUT2D eigenvalue weighted by Crippen LogP contribution is -2.09. The number of aromatic nitrogens is 3. The molecular weight excluding hydrogens is 224 g/mol. The minimum Gasteiger partial charge on any atom is -0.496 e. The van der Waals surface area contributed by atoms with E-state index >= 15 is 0 Å². The lowest BCUT2D eigenvalue weighted by Gasteiger charge is -2.08. The van der Waals surface area contributed by atoms with Gasteiger partial charge in [0.15, 0.2) is 5.82 Å². The molecule has 0 aliphatic carbocycles. The van der Waals surface area contributed by atoms with Crippen LogP contribution in [0.25, 0.3) is 11.4 Å². The molecule has 0 amide bonds. The number of nitrogens with one attached hydrogen (secondary N) is 1. The van der Waals surface area contributed by atoms with Crippen molar-refractivity contribution in [1.29, 1.82) is 0 Å². The minimum atomic E-state index is 0.789. The van der Waals surface area contributed by atoms with Crippen LogP contribution in [0.15, 0.2) is 29.4 Å². The number of hydrogen-bond acceptors (Lipinski definition) is 5. The maximum Gasteiger partial charge on any atom is 0.212 e. The fourth-order valence-corrected chi connectivity index (χ4v) is 2.37. The molecule has 0 saturated carbocycles. The summed E-state index contributed by atoms with van der Waals surface area (Å²) in [5.41, 5.74) is 4.14. The molecule has 0 spiro atoms. The predicted molar refractivity (Wildman–Crippen MR) is 62.1 cm³/mol. The number of benzene rings is 1. The summed E-state index contributed by atoms with van der Waals surface area (Å²) in [7, 11) is 1.66. The standard InChI is InChI=1S/C10H10N4OS/c1-15-8-5-3-2-4-7(8)9-12-13-10-14(9)11-6-16-10/h2-5,11H,6H2,1H3. The quantitative estimate of drug-likeness (QED) is 0.854. The molecule has 3 rings (SSSR count). The number of methoxy groups -OCH3 is 1. The average Bonchev–Trinajstić information content (AvgIpc) is 2.91. The van der Waals surface area contributed by atoms with Crippen molar-refractivity contribution in [2.24, 2.45) is 0 Å². The van der Waals surface area contributed by atoms with Gasteiger partial charge >= 0.3 is 0 Å². The first-order valence-corrected chi connectivity index (χ1v) is 5.84. The van der Waals surface area contributed by atoms with E-state index in [-0.39, 0.29) is 0 Å². The van der Waals surface area contributed by atoms with E-state index in [2.05, 4.69) is 15.6 Å². The monoisotopic (exact) mass is 234 g/mol. The van der Waals surface area contributed by atoms with Crippen molar-refractivity contribution in [3.05, 3.63) is 24.3 Å². The second-order valence-electron chi connectivity index (χ2n) is 3.29. The summed E-state index contributed by atoms with van der Waals surface area (Å²) >= 11 is 1.63. The fraction of sp³-hybridized carbons (Fsp3) is 0.200. The minimum absolute atomic E-state index is 0.789. The Bertz CT molecular complexity index is 525. The van der Waals surface area contributed by atoms with Crippen molar-refractivity contribution in [2.45, 2.75) is 5.16 Å². The van der Waals surface area contributed by atoms with E-state index in [0.29, 0.717) is 0 Å². The van der Waals surface area contributed by atoms with Gasteiger partial charge in [0.05, 0.1) is 18.6 Å². The van der Waals surface area contributed by atoms with Gasteiger partial charge in [-0.2, -0.15) is 0 Å². The van der Waals surface area contributed by atoms with Crippen molar-refractivity contribution in [2.75, 3.05) is 18.4 Å². The van der Waals surface area contributed by atoms with E-state index in [1.54, 1.807) is 18.9 Å². The summed E-state index contributed by atoms with van der Waals surface area (Å²) in [5.74, 6) is 2.42. The topological polar surface area (TPSA) is 52.0 Å². The highest BCUT2D eigenvalue weighted by atomic mass is 32.2. The fourth-order valence-electron chi connectivity index (χ4n) is 1.67. The Morgan fingerprint density at radius 1 is 1.38 bits per heavy atom. The molecule has 6 heteroatoms. The maximum atomic E-state index is 5.31. The normalized spacial score (nSPS) is 13.3. The van der Waals surface area contributed by atoms with Crippen molar-refractivity contribution in [3.63, 3.8) is 0 Å². The van der Waals surface area contributed by atoms with Crippen LogP contribution in [-0.4, -0.2) is 27.9 Å². The Balaban J connectivity index is 2.15. The van der Waals surface area contributed by atoms with E-state index in [1.807, 2.05) is 28.9 Å². The highest BCUT2D eigenvalue weighted by molar-refractivity contribution is 7.99. The van der Waals surface area contributed by atoms with Crippen LogP contribution >= 0.6 is 11.8 Å². The number of fused-ring (bicyclic) bond motifs is 1. The van der Waals surface area contributed by atoms with Crippen LogP contribution in [-0.2, 0) is 0 Å². The van der Waals surface area contributed by atoms with Crippen LogP contribution in [0.5, 0.6) is 5.75 Å². The molecule has 1 N–H and O–H groups in total. The Morgan fingerprint density at radius 3 is 3.12 bits per heavy atom. The third-order valence-electron chi connectivity index (χ3n) is 2.41. The number of rotatable bonds is 2. The van der Waals surface area contributed by atoms with Crippen molar-refractivity contribution in [1.82, 2.24) is 14.9 Å². The summed E-state index contributed by atoms with van der Waals surface area (Å²) < 4.78 is 7.20. The molecule has 0 bridgehead atoms. The maximum absolute atomic E-state index is 5.31. The lowest BCUT2D eigenvalue weighted by atomic mass is 10.2. The number of hydrogen-bond donors (Lipinski definition) is 1.